The van der Waals surface area contributed by atoms with Crippen molar-refractivity contribution in [3.63, 3.8) is 0 Å². The predicted octanol–water partition coefficient (Wildman–Crippen LogP) is 3.78. The van der Waals surface area contributed by atoms with Gasteiger partial charge in [0, 0.05) is 19.0 Å². The highest BCUT2D eigenvalue weighted by Gasteiger charge is 2.53. The van der Waals surface area contributed by atoms with Gasteiger partial charge in [0.2, 0.25) is 5.91 Å². The summed E-state index contributed by atoms with van der Waals surface area (Å²) in [4.78, 5) is 38.7. The van der Waals surface area contributed by atoms with Gasteiger partial charge >= 0.3 is 0 Å². The minimum absolute atomic E-state index is 0.0462. The molecular formula is C24H30N2O3. The average Bonchev–Trinajstić information content (AvgIpc) is 2.92. The third kappa shape index (κ3) is 3.19. The highest BCUT2D eigenvalue weighted by Crippen LogP contribution is 2.61. The Morgan fingerprint density at radius 2 is 1.55 bits per heavy atom. The molecule has 1 atom stereocenters. The van der Waals surface area contributed by atoms with Crippen LogP contribution in [0.2, 0.25) is 0 Å². The van der Waals surface area contributed by atoms with Gasteiger partial charge in [-0.1, -0.05) is 12.1 Å². The average molecular weight is 395 g/mol. The van der Waals surface area contributed by atoms with Crippen LogP contribution in [-0.4, -0.2) is 35.2 Å². The first kappa shape index (κ1) is 18.8. The number of rotatable bonds is 6. The molecule has 0 saturated heterocycles. The van der Waals surface area contributed by atoms with Crippen molar-refractivity contribution in [1.82, 2.24) is 10.2 Å². The van der Waals surface area contributed by atoms with Crippen LogP contribution in [-0.2, 0) is 4.79 Å². The third-order valence-electron chi connectivity index (χ3n) is 8.05. The number of imide groups is 1. The van der Waals surface area contributed by atoms with Crippen molar-refractivity contribution < 1.29 is 14.4 Å². The molecule has 1 aliphatic heterocycles. The lowest BCUT2D eigenvalue weighted by atomic mass is 9.48. The SMILES string of the molecule is CC(NC(=O)CCCN1C(=O)c2ccccc2C1=O)C12CC3CC(CC(C3)C1)C2. The Balaban J connectivity index is 1.14. The Labute approximate surface area is 172 Å². The number of hydrogen-bond donors (Lipinski definition) is 1. The molecule has 0 aromatic heterocycles. The molecule has 5 aliphatic rings. The van der Waals surface area contributed by atoms with Crippen molar-refractivity contribution in [2.45, 2.75) is 64.3 Å². The van der Waals surface area contributed by atoms with Crippen LogP contribution in [0.25, 0.3) is 0 Å². The van der Waals surface area contributed by atoms with E-state index in [1.165, 1.54) is 43.4 Å². The van der Waals surface area contributed by atoms with E-state index < -0.39 is 0 Å². The molecule has 4 fully saturated rings. The standard InChI is InChI=1S/C24H30N2O3/c1-15(24-12-16-9-17(13-24)11-18(10-16)14-24)25-21(27)7-4-8-26-22(28)19-5-2-3-6-20(19)23(26)29/h2-3,5-6,15-18H,4,7-14H2,1H3,(H,25,27). The van der Waals surface area contributed by atoms with Crippen LogP contribution in [0, 0.1) is 23.2 Å². The van der Waals surface area contributed by atoms with Crippen molar-refractivity contribution in [3.05, 3.63) is 35.4 Å². The maximum Gasteiger partial charge on any atom is 0.261 e. The zero-order chi connectivity index (χ0) is 20.2. The van der Waals surface area contributed by atoms with E-state index in [0.717, 1.165) is 17.8 Å². The van der Waals surface area contributed by atoms with Crippen molar-refractivity contribution >= 4 is 17.7 Å². The normalized spacial score (nSPS) is 33.1. The molecule has 4 bridgehead atoms. The second kappa shape index (κ2) is 6.96. The lowest BCUT2D eigenvalue weighted by molar-refractivity contribution is -0.126. The Kier molecular flexibility index (Phi) is 4.52. The van der Waals surface area contributed by atoms with Gasteiger partial charge in [-0.05, 0) is 87.2 Å². The van der Waals surface area contributed by atoms with E-state index in [0.29, 0.717) is 35.9 Å². The summed E-state index contributed by atoms with van der Waals surface area (Å²) >= 11 is 0. The molecule has 4 aliphatic carbocycles. The van der Waals surface area contributed by atoms with Crippen LogP contribution < -0.4 is 5.32 Å². The highest BCUT2D eigenvalue weighted by atomic mass is 16.2. The summed E-state index contributed by atoms with van der Waals surface area (Å²) in [5.41, 5.74) is 1.24. The molecule has 1 aromatic rings. The van der Waals surface area contributed by atoms with Gasteiger partial charge in [0.15, 0.2) is 0 Å². The van der Waals surface area contributed by atoms with Crippen LogP contribution in [0.15, 0.2) is 24.3 Å². The van der Waals surface area contributed by atoms with Gasteiger partial charge < -0.3 is 5.32 Å². The first-order chi connectivity index (χ1) is 13.9. The molecular weight excluding hydrogens is 364 g/mol. The van der Waals surface area contributed by atoms with E-state index >= 15 is 0 Å². The lowest BCUT2D eigenvalue weighted by Crippen LogP contribution is -2.55. The van der Waals surface area contributed by atoms with E-state index in [-0.39, 0.29) is 23.8 Å². The van der Waals surface area contributed by atoms with E-state index in [1.807, 2.05) is 0 Å². The smallest absolute Gasteiger partial charge is 0.261 e. The highest BCUT2D eigenvalue weighted by molar-refractivity contribution is 6.21. The molecule has 29 heavy (non-hydrogen) atoms. The summed E-state index contributed by atoms with van der Waals surface area (Å²) in [6.07, 6.45) is 8.88. The molecule has 1 N–H and O–H groups in total. The predicted molar refractivity (Wildman–Crippen MR) is 109 cm³/mol. The fraction of sp³-hybridized carbons (Fsp3) is 0.625. The van der Waals surface area contributed by atoms with Crippen molar-refractivity contribution in [1.29, 1.82) is 0 Å². The summed E-state index contributed by atoms with van der Waals surface area (Å²) in [7, 11) is 0. The van der Waals surface area contributed by atoms with Crippen LogP contribution in [0.3, 0.4) is 0 Å². The molecule has 1 aromatic carbocycles. The Hall–Kier alpha value is -2.17. The van der Waals surface area contributed by atoms with Crippen LogP contribution in [0.4, 0.5) is 0 Å². The second-order valence-corrected chi connectivity index (χ2v) is 9.98. The molecule has 1 unspecified atom stereocenters. The summed E-state index contributed by atoms with van der Waals surface area (Å²) in [5, 5.41) is 3.27. The lowest BCUT2D eigenvalue weighted by Gasteiger charge is -2.59. The number of nitrogens with zero attached hydrogens (tertiary/aromatic N) is 1. The molecule has 4 saturated carbocycles. The second-order valence-electron chi connectivity index (χ2n) is 9.98. The number of hydrogen-bond acceptors (Lipinski definition) is 3. The first-order valence-electron chi connectivity index (χ1n) is 11.2. The van der Waals surface area contributed by atoms with Crippen LogP contribution >= 0.6 is 0 Å². The molecule has 0 spiro atoms. The van der Waals surface area contributed by atoms with Gasteiger partial charge in [0.1, 0.15) is 0 Å². The number of carbonyl (C=O) groups excluding carboxylic acids is 3. The summed E-state index contributed by atoms with van der Waals surface area (Å²) in [6, 6.07) is 7.13. The van der Waals surface area contributed by atoms with E-state index in [4.69, 9.17) is 0 Å². The Morgan fingerprint density at radius 1 is 1.03 bits per heavy atom. The van der Waals surface area contributed by atoms with Gasteiger partial charge in [-0.2, -0.15) is 0 Å². The zero-order valence-electron chi connectivity index (χ0n) is 17.2. The largest absolute Gasteiger partial charge is 0.353 e. The van der Waals surface area contributed by atoms with Gasteiger partial charge in [0.05, 0.1) is 11.1 Å². The molecule has 5 heteroatoms. The van der Waals surface area contributed by atoms with Gasteiger partial charge in [0.25, 0.3) is 11.8 Å². The van der Waals surface area contributed by atoms with Gasteiger partial charge in [-0.25, -0.2) is 0 Å². The van der Waals surface area contributed by atoms with E-state index in [9.17, 15) is 14.4 Å². The number of carbonyl (C=O) groups is 3. The topological polar surface area (TPSA) is 66.5 Å². The van der Waals surface area contributed by atoms with Crippen molar-refractivity contribution in [3.8, 4) is 0 Å². The van der Waals surface area contributed by atoms with Gasteiger partial charge in [-0.15, -0.1) is 0 Å². The molecule has 6 rings (SSSR count). The van der Waals surface area contributed by atoms with Gasteiger partial charge in [-0.3, -0.25) is 19.3 Å². The maximum absolute atomic E-state index is 12.6. The van der Waals surface area contributed by atoms with Crippen molar-refractivity contribution in [2.75, 3.05) is 6.54 Å². The quantitative estimate of drug-likeness (QED) is 0.747. The summed E-state index contributed by atoms with van der Waals surface area (Å²) in [5.74, 6) is 2.17. The minimum atomic E-state index is -0.243. The zero-order valence-corrected chi connectivity index (χ0v) is 17.2. The fourth-order valence-electron chi connectivity index (χ4n) is 7.01. The first-order valence-corrected chi connectivity index (χ1v) is 11.2. The van der Waals surface area contributed by atoms with Crippen LogP contribution in [0.5, 0.6) is 0 Å². The molecule has 1 heterocycles. The maximum atomic E-state index is 12.6. The summed E-state index contributed by atoms with van der Waals surface area (Å²) in [6.45, 7) is 2.49. The number of amides is 3. The summed E-state index contributed by atoms with van der Waals surface area (Å²) < 4.78 is 0. The van der Waals surface area contributed by atoms with E-state index in [1.54, 1.807) is 24.3 Å². The Bertz CT molecular complexity index is 791. The fourth-order valence-corrected chi connectivity index (χ4v) is 7.01. The molecule has 154 valence electrons. The number of fused-ring (bicyclic) bond motifs is 1. The monoisotopic (exact) mass is 394 g/mol. The van der Waals surface area contributed by atoms with Crippen molar-refractivity contribution in [2.24, 2.45) is 23.2 Å². The number of benzene rings is 1. The van der Waals surface area contributed by atoms with Crippen LogP contribution in [0.1, 0.15) is 79.0 Å². The molecule has 3 amide bonds. The number of nitrogens with one attached hydrogen (secondary N) is 1. The molecule has 0 radical (unpaired) electrons. The minimum Gasteiger partial charge on any atom is -0.353 e. The molecule has 5 nitrogen and oxygen atoms in total. The Morgan fingerprint density at radius 3 is 2.07 bits per heavy atom. The van der Waals surface area contributed by atoms with E-state index in [2.05, 4.69) is 12.2 Å². The third-order valence-corrected chi connectivity index (χ3v) is 8.05.